The summed E-state index contributed by atoms with van der Waals surface area (Å²) in [6.07, 6.45) is 6.78. The maximum Gasteiger partial charge on any atom is 0.222 e. The fourth-order valence-electron chi connectivity index (χ4n) is 1.85. The fourth-order valence-corrected chi connectivity index (χ4v) is 1.95. The summed E-state index contributed by atoms with van der Waals surface area (Å²) >= 11 is 5.70. The number of rotatable bonds is 3. The molecule has 1 fully saturated rings. The number of nitrogens with zero attached hydrogens (tertiary/aromatic N) is 2. The van der Waals surface area contributed by atoms with Gasteiger partial charge < -0.3 is 10.1 Å². The molecule has 2 unspecified atom stereocenters. The Balaban J connectivity index is 1.90. The van der Waals surface area contributed by atoms with Crippen molar-refractivity contribution in [2.75, 3.05) is 12.4 Å². The van der Waals surface area contributed by atoms with E-state index in [1.165, 1.54) is 0 Å². The lowest BCUT2D eigenvalue weighted by Crippen LogP contribution is -2.18. The van der Waals surface area contributed by atoms with E-state index in [-0.39, 0.29) is 0 Å². The predicted octanol–water partition coefficient (Wildman–Crippen LogP) is 2.11. The predicted molar refractivity (Wildman–Crippen MR) is 59.1 cm³/mol. The number of methoxy groups -OCH3 is 1. The highest BCUT2D eigenvalue weighted by Crippen LogP contribution is 2.23. The standard InChI is InChI=1S/C10H14ClN3O/c1-15-9-3-2-8(4-9)14-10-12-5-7(11)6-13-10/h5-6,8-9H,2-4H2,1H3,(H,12,13,14). The van der Waals surface area contributed by atoms with Crippen molar-refractivity contribution in [3.63, 3.8) is 0 Å². The van der Waals surface area contributed by atoms with Crippen molar-refractivity contribution in [3.05, 3.63) is 17.4 Å². The zero-order valence-electron chi connectivity index (χ0n) is 8.61. The van der Waals surface area contributed by atoms with Gasteiger partial charge in [-0.25, -0.2) is 9.97 Å². The van der Waals surface area contributed by atoms with Gasteiger partial charge in [0.1, 0.15) is 0 Å². The molecule has 1 aliphatic carbocycles. The normalized spacial score (nSPS) is 25.5. The van der Waals surface area contributed by atoms with E-state index >= 15 is 0 Å². The van der Waals surface area contributed by atoms with Crippen LogP contribution in [0, 0.1) is 0 Å². The van der Waals surface area contributed by atoms with Gasteiger partial charge in [0.25, 0.3) is 0 Å². The Morgan fingerprint density at radius 3 is 2.73 bits per heavy atom. The number of nitrogens with one attached hydrogen (secondary N) is 1. The Bertz CT molecular complexity index is 317. The first kappa shape index (κ1) is 10.6. The molecule has 0 amide bonds. The second-order valence-electron chi connectivity index (χ2n) is 3.74. The number of halogens is 1. The van der Waals surface area contributed by atoms with Crippen molar-refractivity contribution in [3.8, 4) is 0 Å². The summed E-state index contributed by atoms with van der Waals surface area (Å²) in [5, 5.41) is 3.83. The lowest BCUT2D eigenvalue weighted by atomic mass is 10.2. The lowest BCUT2D eigenvalue weighted by Gasteiger charge is -2.12. The highest BCUT2D eigenvalue weighted by Gasteiger charge is 2.24. The van der Waals surface area contributed by atoms with Crippen LogP contribution in [0.2, 0.25) is 5.02 Å². The number of hydrogen-bond acceptors (Lipinski definition) is 4. The zero-order chi connectivity index (χ0) is 10.7. The van der Waals surface area contributed by atoms with Crippen molar-refractivity contribution in [1.82, 2.24) is 9.97 Å². The molecule has 1 saturated carbocycles. The van der Waals surface area contributed by atoms with E-state index in [0.29, 0.717) is 23.1 Å². The molecular weight excluding hydrogens is 214 g/mol. The van der Waals surface area contributed by atoms with Crippen molar-refractivity contribution in [2.45, 2.75) is 31.4 Å². The summed E-state index contributed by atoms with van der Waals surface area (Å²) in [6, 6.07) is 0.413. The molecule has 0 aromatic carbocycles. The largest absolute Gasteiger partial charge is 0.381 e. The summed E-state index contributed by atoms with van der Waals surface area (Å²) in [4.78, 5) is 8.20. The second-order valence-corrected chi connectivity index (χ2v) is 4.17. The molecule has 0 radical (unpaired) electrons. The monoisotopic (exact) mass is 227 g/mol. The topological polar surface area (TPSA) is 47.0 Å². The van der Waals surface area contributed by atoms with Crippen LogP contribution in [0.3, 0.4) is 0 Å². The van der Waals surface area contributed by atoms with E-state index < -0.39 is 0 Å². The average molecular weight is 228 g/mol. The molecule has 15 heavy (non-hydrogen) atoms. The zero-order valence-corrected chi connectivity index (χ0v) is 9.37. The van der Waals surface area contributed by atoms with Crippen LogP contribution < -0.4 is 5.32 Å². The summed E-state index contributed by atoms with van der Waals surface area (Å²) in [7, 11) is 1.76. The first-order chi connectivity index (χ1) is 7.28. The molecule has 1 heterocycles. The summed E-state index contributed by atoms with van der Waals surface area (Å²) in [6.45, 7) is 0. The first-order valence-electron chi connectivity index (χ1n) is 5.05. The second kappa shape index (κ2) is 4.77. The molecule has 1 aromatic heterocycles. The molecular formula is C10H14ClN3O. The van der Waals surface area contributed by atoms with Gasteiger partial charge in [0.2, 0.25) is 5.95 Å². The van der Waals surface area contributed by atoms with Crippen LogP contribution in [-0.2, 0) is 4.74 Å². The van der Waals surface area contributed by atoms with Crippen LogP contribution in [0.25, 0.3) is 0 Å². The fraction of sp³-hybridized carbons (Fsp3) is 0.600. The number of aromatic nitrogens is 2. The van der Waals surface area contributed by atoms with Crippen molar-refractivity contribution < 1.29 is 4.74 Å². The van der Waals surface area contributed by atoms with E-state index in [4.69, 9.17) is 16.3 Å². The Hall–Kier alpha value is -0.870. The smallest absolute Gasteiger partial charge is 0.222 e. The van der Waals surface area contributed by atoms with E-state index in [2.05, 4.69) is 15.3 Å². The molecule has 5 heteroatoms. The minimum Gasteiger partial charge on any atom is -0.381 e. The Morgan fingerprint density at radius 2 is 2.13 bits per heavy atom. The van der Waals surface area contributed by atoms with Gasteiger partial charge in [0.15, 0.2) is 0 Å². The maximum absolute atomic E-state index is 5.70. The number of anilines is 1. The molecule has 0 bridgehead atoms. The third kappa shape index (κ3) is 2.79. The highest BCUT2D eigenvalue weighted by atomic mass is 35.5. The van der Waals surface area contributed by atoms with E-state index in [1.54, 1.807) is 19.5 Å². The van der Waals surface area contributed by atoms with Gasteiger partial charge in [-0.2, -0.15) is 0 Å². The van der Waals surface area contributed by atoms with Gasteiger partial charge in [-0.15, -0.1) is 0 Å². The van der Waals surface area contributed by atoms with Crippen LogP contribution in [-0.4, -0.2) is 29.2 Å². The van der Waals surface area contributed by atoms with Crippen LogP contribution in [0.15, 0.2) is 12.4 Å². The van der Waals surface area contributed by atoms with Gasteiger partial charge in [-0.05, 0) is 19.3 Å². The van der Waals surface area contributed by atoms with Crippen molar-refractivity contribution in [2.24, 2.45) is 0 Å². The van der Waals surface area contributed by atoms with Crippen LogP contribution in [0.4, 0.5) is 5.95 Å². The van der Waals surface area contributed by atoms with Gasteiger partial charge in [0.05, 0.1) is 23.5 Å². The van der Waals surface area contributed by atoms with Gasteiger partial charge in [0, 0.05) is 13.2 Å². The molecule has 0 spiro atoms. The molecule has 82 valence electrons. The molecule has 2 atom stereocenters. The Labute approximate surface area is 94.0 Å². The van der Waals surface area contributed by atoms with Gasteiger partial charge >= 0.3 is 0 Å². The van der Waals surface area contributed by atoms with Crippen LogP contribution in [0.5, 0.6) is 0 Å². The molecule has 0 saturated heterocycles. The van der Waals surface area contributed by atoms with Crippen molar-refractivity contribution >= 4 is 17.5 Å². The van der Waals surface area contributed by atoms with E-state index in [9.17, 15) is 0 Å². The minimum atomic E-state index is 0.370. The quantitative estimate of drug-likeness (QED) is 0.859. The molecule has 1 aromatic rings. The van der Waals surface area contributed by atoms with Gasteiger partial charge in [-0.1, -0.05) is 11.6 Å². The van der Waals surface area contributed by atoms with E-state index in [0.717, 1.165) is 19.3 Å². The molecule has 0 aliphatic heterocycles. The Morgan fingerprint density at radius 1 is 1.40 bits per heavy atom. The summed E-state index contributed by atoms with van der Waals surface area (Å²) in [5.41, 5.74) is 0. The third-order valence-corrected chi connectivity index (χ3v) is 2.87. The summed E-state index contributed by atoms with van der Waals surface area (Å²) < 4.78 is 5.30. The number of hydrogen-bond donors (Lipinski definition) is 1. The van der Waals surface area contributed by atoms with Gasteiger partial charge in [-0.3, -0.25) is 0 Å². The lowest BCUT2D eigenvalue weighted by molar-refractivity contribution is 0.108. The SMILES string of the molecule is COC1CCC(Nc2ncc(Cl)cn2)C1. The third-order valence-electron chi connectivity index (χ3n) is 2.67. The van der Waals surface area contributed by atoms with Crippen LogP contribution >= 0.6 is 11.6 Å². The first-order valence-corrected chi connectivity index (χ1v) is 5.42. The summed E-state index contributed by atoms with van der Waals surface area (Å²) in [5.74, 6) is 0.640. The Kier molecular flexibility index (Phi) is 3.38. The molecule has 1 aliphatic rings. The van der Waals surface area contributed by atoms with Crippen LogP contribution in [0.1, 0.15) is 19.3 Å². The minimum absolute atomic E-state index is 0.370. The number of ether oxygens (including phenoxy) is 1. The molecule has 2 rings (SSSR count). The van der Waals surface area contributed by atoms with E-state index in [1.807, 2.05) is 0 Å². The average Bonchev–Trinajstić information content (AvgIpc) is 2.69. The highest BCUT2D eigenvalue weighted by molar-refractivity contribution is 6.30. The molecule has 1 N–H and O–H groups in total. The molecule has 4 nitrogen and oxygen atoms in total. The maximum atomic E-state index is 5.70. The van der Waals surface area contributed by atoms with Crippen molar-refractivity contribution in [1.29, 1.82) is 0 Å².